The van der Waals surface area contributed by atoms with Gasteiger partial charge >= 0.3 is 0 Å². The van der Waals surface area contributed by atoms with Gasteiger partial charge in [-0.1, -0.05) is 85.1 Å². The number of nitrogens with zero attached hydrogens (tertiary/aromatic N) is 3. The summed E-state index contributed by atoms with van der Waals surface area (Å²) in [6.45, 7) is 3.05. The Hall–Kier alpha value is -2.71. The number of aliphatic hydroxyl groups excluding tert-OH is 1. The van der Waals surface area contributed by atoms with E-state index in [0.717, 1.165) is 28.3 Å². The average molecular weight is 508 g/mol. The summed E-state index contributed by atoms with van der Waals surface area (Å²) >= 11 is 0. The fourth-order valence-electron chi connectivity index (χ4n) is 5.09. The molecule has 200 valence electrons. The zero-order valence-electron chi connectivity index (χ0n) is 22.2. The van der Waals surface area contributed by atoms with E-state index < -0.39 is 6.10 Å². The second-order valence-electron chi connectivity index (χ2n) is 9.97. The van der Waals surface area contributed by atoms with Gasteiger partial charge in [-0.3, -0.25) is 4.90 Å². The molecule has 1 aliphatic carbocycles. The molecule has 37 heavy (non-hydrogen) atoms. The molecule has 1 fully saturated rings. The molecule has 1 aromatic heterocycles. The third-order valence-electron chi connectivity index (χ3n) is 7.14. The van der Waals surface area contributed by atoms with Crippen molar-refractivity contribution in [2.75, 3.05) is 45.4 Å². The van der Waals surface area contributed by atoms with Gasteiger partial charge in [0.25, 0.3) is 0 Å². The highest BCUT2D eigenvalue weighted by molar-refractivity contribution is 5.68. The molecule has 1 saturated carbocycles. The van der Waals surface area contributed by atoms with Crippen LogP contribution in [0.25, 0.3) is 11.3 Å². The molecule has 0 spiro atoms. The quantitative estimate of drug-likeness (QED) is 0.324. The Balaban J connectivity index is 1.50. The normalized spacial score (nSPS) is 15.2. The van der Waals surface area contributed by atoms with Crippen molar-refractivity contribution in [3.8, 4) is 11.3 Å². The zero-order valence-corrected chi connectivity index (χ0v) is 22.2. The Labute approximate surface area is 221 Å². The molecule has 7 nitrogen and oxygen atoms in total. The van der Waals surface area contributed by atoms with Crippen LogP contribution in [0.2, 0.25) is 0 Å². The van der Waals surface area contributed by atoms with Crippen LogP contribution in [0.1, 0.15) is 43.2 Å². The van der Waals surface area contributed by atoms with Crippen molar-refractivity contribution in [1.29, 1.82) is 0 Å². The number of hydrogen-bond donors (Lipinski definition) is 1. The molecule has 1 N–H and O–H groups in total. The summed E-state index contributed by atoms with van der Waals surface area (Å²) in [6.07, 6.45) is 5.51. The Morgan fingerprint density at radius 1 is 1.03 bits per heavy atom. The lowest BCUT2D eigenvalue weighted by Crippen LogP contribution is -2.38. The summed E-state index contributed by atoms with van der Waals surface area (Å²) in [5.74, 6) is 0.822. The van der Waals surface area contributed by atoms with Crippen LogP contribution in [0, 0.1) is 0 Å². The molecule has 1 heterocycles. The van der Waals surface area contributed by atoms with Crippen molar-refractivity contribution >= 4 is 5.88 Å². The minimum atomic E-state index is -0.625. The van der Waals surface area contributed by atoms with E-state index in [9.17, 15) is 5.11 Å². The number of anilines is 1. The largest absolute Gasteiger partial charge is 0.389 e. The van der Waals surface area contributed by atoms with Crippen molar-refractivity contribution in [3.63, 3.8) is 0 Å². The number of rotatable bonds is 14. The zero-order chi connectivity index (χ0) is 25.9. The second kappa shape index (κ2) is 14.3. The average Bonchev–Trinajstić information content (AvgIpc) is 3.36. The monoisotopic (exact) mass is 507 g/mol. The van der Waals surface area contributed by atoms with E-state index in [1.165, 1.54) is 32.1 Å². The number of aliphatic hydroxyl groups is 1. The van der Waals surface area contributed by atoms with Crippen LogP contribution in [-0.4, -0.2) is 67.8 Å². The molecule has 7 heteroatoms. The minimum absolute atomic E-state index is 0.266. The molecule has 0 amide bonds. The maximum absolute atomic E-state index is 10.8. The molecule has 2 aromatic carbocycles. The number of aromatic nitrogens is 1. The number of ether oxygens (including phenoxy) is 2. The number of methoxy groups -OCH3 is 1. The first kappa shape index (κ1) is 27.3. The molecule has 1 atom stereocenters. The third-order valence-corrected chi connectivity index (χ3v) is 7.14. The van der Waals surface area contributed by atoms with Crippen molar-refractivity contribution in [3.05, 3.63) is 71.8 Å². The van der Waals surface area contributed by atoms with Gasteiger partial charge in [0.1, 0.15) is 5.69 Å². The molecule has 0 aliphatic heterocycles. The number of benzene rings is 2. The summed E-state index contributed by atoms with van der Waals surface area (Å²) < 4.78 is 17.2. The third kappa shape index (κ3) is 7.89. The highest BCUT2D eigenvalue weighted by Crippen LogP contribution is 2.35. The van der Waals surface area contributed by atoms with E-state index >= 15 is 0 Å². The van der Waals surface area contributed by atoms with Crippen LogP contribution in [0.4, 0.5) is 5.88 Å². The van der Waals surface area contributed by atoms with Crippen LogP contribution < -0.4 is 4.90 Å². The molecular weight excluding hydrogens is 466 g/mol. The van der Waals surface area contributed by atoms with Crippen molar-refractivity contribution in [1.82, 2.24) is 10.1 Å². The maximum atomic E-state index is 10.8. The second-order valence-corrected chi connectivity index (χ2v) is 9.97. The lowest BCUT2D eigenvalue weighted by molar-refractivity contribution is 0.00481. The van der Waals surface area contributed by atoms with Crippen LogP contribution in [0.15, 0.2) is 65.2 Å². The smallest absolute Gasteiger partial charge is 0.232 e. The highest BCUT2D eigenvalue weighted by Gasteiger charge is 2.28. The first-order valence-corrected chi connectivity index (χ1v) is 13.4. The first-order chi connectivity index (χ1) is 18.2. The van der Waals surface area contributed by atoms with Gasteiger partial charge in [-0.15, -0.1) is 0 Å². The Bertz CT molecular complexity index is 1040. The molecule has 1 unspecified atom stereocenters. The summed E-state index contributed by atoms with van der Waals surface area (Å²) in [7, 11) is 3.83. The van der Waals surface area contributed by atoms with Gasteiger partial charge in [-0.25, -0.2) is 0 Å². The molecule has 4 rings (SSSR count). The van der Waals surface area contributed by atoms with E-state index in [4.69, 9.17) is 14.0 Å². The predicted octanol–water partition coefficient (Wildman–Crippen LogP) is 5.14. The summed E-state index contributed by atoms with van der Waals surface area (Å²) in [5, 5.41) is 15.4. The molecule has 0 saturated heterocycles. The topological polar surface area (TPSA) is 71.2 Å². The van der Waals surface area contributed by atoms with Gasteiger partial charge < -0.3 is 24.0 Å². The highest BCUT2D eigenvalue weighted by atomic mass is 16.5. The Kier molecular flexibility index (Phi) is 10.6. The fourth-order valence-corrected chi connectivity index (χ4v) is 5.09. The molecular formula is C30H41N3O4. The van der Waals surface area contributed by atoms with E-state index in [1.54, 1.807) is 7.11 Å². The van der Waals surface area contributed by atoms with E-state index in [1.807, 2.05) is 48.5 Å². The SMILES string of the molecule is COCCN(Cc1c(-c2ccccc2)noc1N(C)C1CCCCC1)CC(O)COCc1ccccc1. The summed E-state index contributed by atoms with van der Waals surface area (Å²) in [4.78, 5) is 4.49. The van der Waals surface area contributed by atoms with Crippen molar-refractivity contribution in [2.24, 2.45) is 0 Å². The maximum Gasteiger partial charge on any atom is 0.232 e. The molecule has 1 aliphatic rings. The number of hydrogen-bond acceptors (Lipinski definition) is 7. The van der Waals surface area contributed by atoms with Crippen molar-refractivity contribution in [2.45, 2.75) is 57.4 Å². The standard InChI is InChI=1S/C30H41N3O4/c1-32(26-16-10-5-11-17-26)30-28(29(31-37-30)25-14-8-4-9-15-25)21-33(18-19-35-2)20-27(34)23-36-22-24-12-6-3-7-13-24/h3-4,6-9,12-15,26-27,34H,5,10-11,16-23H2,1-2H3. The molecule has 3 aromatic rings. The van der Waals surface area contributed by atoms with Crippen LogP contribution in [0.5, 0.6) is 0 Å². The van der Waals surface area contributed by atoms with Gasteiger partial charge in [-0.2, -0.15) is 0 Å². The van der Waals surface area contributed by atoms with Crippen molar-refractivity contribution < 1.29 is 19.1 Å². The van der Waals surface area contributed by atoms with E-state index in [2.05, 4.69) is 34.1 Å². The van der Waals surface area contributed by atoms with Gasteiger partial charge in [0.15, 0.2) is 0 Å². The summed E-state index contributed by atoms with van der Waals surface area (Å²) in [6, 6.07) is 20.7. The lowest BCUT2D eigenvalue weighted by atomic mass is 9.94. The minimum Gasteiger partial charge on any atom is -0.389 e. The van der Waals surface area contributed by atoms with Gasteiger partial charge in [0.2, 0.25) is 5.88 Å². The van der Waals surface area contributed by atoms with Crippen LogP contribution >= 0.6 is 0 Å². The molecule has 0 bridgehead atoms. The summed E-state index contributed by atoms with van der Waals surface area (Å²) in [5.41, 5.74) is 4.03. The molecule has 0 radical (unpaired) electrons. The van der Waals surface area contributed by atoms with Gasteiger partial charge in [0.05, 0.1) is 31.5 Å². The first-order valence-electron chi connectivity index (χ1n) is 13.4. The van der Waals surface area contributed by atoms with E-state index in [0.29, 0.717) is 38.9 Å². The lowest BCUT2D eigenvalue weighted by Gasteiger charge is -2.32. The fraction of sp³-hybridized carbons (Fsp3) is 0.500. The Morgan fingerprint density at radius 3 is 2.43 bits per heavy atom. The van der Waals surface area contributed by atoms with Crippen LogP contribution in [-0.2, 0) is 22.6 Å². The van der Waals surface area contributed by atoms with Crippen LogP contribution in [0.3, 0.4) is 0 Å². The Morgan fingerprint density at radius 2 is 1.73 bits per heavy atom. The van der Waals surface area contributed by atoms with E-state index in [-0.39, 0.29) is 6.61 Å². The predicted molar refractivity (Wildman–Crippen MR) is 146 cm³/mol. The van der Waals surface area contributed by atoms with Gasteiger partial charge in [-0.05, 0) is 18.4 Å². The van der Waals surface area contributed by atoms with Gasteiger partial charge in [0, 0.05) is 45.4 Å².